The average Bonchev–Trinajstić information content (AvgIpc) is 2.29. The first-order chi connectivity index (χ1) is 7.31. The zero-order valence-electron chi connectivity index (χ0n) is 9.16. The van der Waals surface area contributed by atoms with Crippen LogP contribution in [-0.2, 0) is 0 Å². The van der Waals surface area contributed by atoms with Crippen molar-refractivity contribution in [3.8, 4) is 18.1 Å². The van der Waals surface area contributed by atoms with Gasteiger partial charge >= 0.3 is 0 Å². The summed E-state index contributed by atoms with van der Waals surface area (Å²) in [6.07, 6.45) is 9.10. The van der Waals surface area contributed by atoms with Crippen LogP contribution in [0.4, 0.5) is 5.82 Å². The van der Waals surface area contributed by atoms with Crippen molar-refractivity contribution in [2.75, 3.05) is 12.4 Å². The molecule has 1 rings (SSSR count). The lowest BCUT2D eigenvalue weighted by molar-refractivity contribution is 0.414. The van der Waals surface area contributed by atoms with Gasteiger partial charge in [-0.2, -0.15) is 0 Å². The second-order valence-electron chi connectivity index (χ2n) is 3.21. The van der Waals surface area contributed by atoms with Crippen molar-refractivity contribution in [3.05, 3.63) is 18.3 Å². The quantitative estimate of drug-likeness (QED) is 0.747. The number of nitrogens with one attached hydrogen (secondary N) is 1. The Balaban J connectivity index is 2.74. The van der Waals surface area contributed by atoms with E-state index in [0.717, 1.165) is 12.8 Å². The Morgan fingerprint density at radius 1 is 1.67 bits per heavy atom. The minimum Gasteiger partial charge on any atom is -0.493 e. The molecule has 0 spiro atoms. The molecule has 0 aliphatic carbocycles. The van der Waals surface area contributed by atoms with Gasteiger partial charge in [-0.15, -0.1) is 6.42 Å². The highest BCUT2D eigenvalue weighted by atomic mass is 16.5. The maximum atomic E-state index is 5.42. The largest absolute Gasteiger partial charge is 0.493 e. The van der Waals surface area contributed by atoms with Gasteiger partial charge in [0.2, 0.25) is 0 Å². The highest BCUT2D eigenvalue weighted by Gasteiger charge is 2.08. The Kier molecular flexibility index (Phi) is 4.49. The normalized spacial score (nSPS) is 11.5. The molecule has 1 aromatic rings. The Hall–Kier alpha value is -1.69. The predicted molar refractivity (Wildman–Crippen MR) is 61.9 cm³/mol. The summed E-state index contributed by atoms with van der Waals surface area (Å²) in [5, 5.41) is 3.18. The Morgan fingerprint density at radius 3 is 3.07 bits per heavy atom. The van der Waals surface area contributed by atoms with Crippen molar-refractivity contribution < 1.29 is 4.74 Å². The third-order valence-electron chi connectivity index (χ3n) is 2.08. The molecule has 3 heteroatoms. The van der Waals surface area contributed by atoms with Crippen LogP contribution in [0.2, 0.25) is 0 Å². The molecule has 0 aliphatic rings. The molecule has 0 aromatic carbocycles. The highest BCUT2D eigenvalue weighted by Crippen LogP contribution is 2.21. The first-order valence-corrected chi connectivity index (χ1v) is 5.03. The number of methoxy groups -OCH3 is 1. The number of terminal acetylenes is 1. The average molecular weight is 204 g/mol. The Bertz CT molecular complexity index is 344. The van der Waals surface area contributed by atoms with Crippen LogP contribution in [0.3, 0.4) is 0 Å². The van der Waals surface area contributed by atoms with E-state index >= 15 is 0 Å². The molecule has 0 radical (unpaired) electrons. The fraction of sp³-hybridized carbons (Fsp3) is 0.417. The third-order valence-corrected chi connectivity index (χ3v) is 2.08. The molecule has 0 saturated carbocycles. The van der Waals surface area contributed by atoms with Crippen LogP contribution in [-0.4, -0.2) is 18.1 Å². The van der Waals surface area contributed by atoms with E-state index < -0.39 is 0 Å². The lowest BCUT2D eigenvalue weighted by Gasteiger charge is -2.14. The molecule has 1 unspecified atom stereocenters. The number of rotatable bonds is 5. The van der Waals surface area contributed by atoms with Gasteiger partial charge in [0.1, 0.15) is 0 Å². The molecular formula is C12H16N2O. The van der Waals surface area contributed by atoms with Gasteiger partial charge in [0.25, 0.3) is 0 Å². The van der Waals surface area contributed by atoms with Gasteiger partial charge in [-0.05, 0) is 18.6 Å². The van der Waals surface area contributed by atoms with Crippen molar-refractivity contribution >= 4 is 5.82 Å². The molecular weight excluding hydrogens is 188 g/mol. The second kappa shape index (κ2) is 5.92. The molecule has 15 heavy (non-hydrogen) atoms. The van der Waals surface area contributed by atoms with Crippen LogP contribution in [0.25, 0.3) is 0 Å². The Morgan fingerprint density at radius 2 is 2.47 bits per heavy atom. The number of anilines is 1. The van der Waals surface area contributed by atoms with Gasteiger partial charge in [-0.25, -0.2) is 4.98 Å². The minimum atomic E-state index is 0.0128. The van der Waals surface area contributed by atoms with E-state index in [9.17, 15) is 0 Å². The van der Waals surface area contributed by atoms with Gasteiger partial charge in [-0.3, -0.25) is 0 Å². The summed E-state index contributed by atoms with van der Waals surface area (Å²) in [4.78, 5) is 4.19. The van der Waals surface area contributed by atoms with E-state index in [4.69, 9.17) is 11.2 Å². The number of hydrogen-bond donors (Lipinski definition) is 1. The predicted octanol–water partition coefficient (Wildman–Crippen LogP) is 2.30. The summed E-state index contributed by atoms with van der Waals surface area (Å²) < 4.78 is 5.18. The summed E-state index contributed by atoms with van der Waals surface area (Å²) in [6, 6.07) is 3.70. The van der Waals surface area contributed by atoms with Crippen molar-refractivity contribution in [1.29, 1.82) is 0 Å². The number of nitrogens with zero attached hydrogens (tertiary/aromatic N) is 1. The lowest BCUT2D eigenvalue weighted by atomic mass is 10.2. The fourth-order valence-electron chi connectivity index (χ4n) is 1.31. The molecule has 0 amide bonds. The Labute approximate surface area is 90.9 Å². The molecule has 0 saturated heterocycles. The number of ether oxygens (including phenoxy) is 1. The number of aromatic nitrogens is 1. The summed E-state index contributed by atoms with van der Waals surface area (Å²) in [5.74, 6) is 4.12. The number of hydrogen-bond acceptors (Lipinski definition) is 3. The topological polar surface area (TPSA) is 34.2 Å². The van der Waals surface area contributed by atoms with Gasteiger partial charge < -0.3 is 10.1 Å². The van der Waals surface area contributed by atoms with E-state index in [-0.39, 0.29) is 6.04 Å². The lowest BCUT2D eigenvalue weighted by Crippen LogP contribution is -2.18. The van der Waals surface area contributed by atoms with Gasteiger partial charge in [0.05, 0.1) is 13.2 Å². The molecule has 1 N–H and O–H groups in total. The second-order valence-corrected chi connectivity index (χ2v) is 3.21. The summed E-state index contributed by atoms with van der Waals surface area (Å²) >= 11 is 0. The highest BCUT2D eigenvalue weighted by molar-refractivity contribution is 5.51. The van der Waals surface area contributed by atoms with Crippen molar-refractivity contribution in [2.24, 2.45) is 0 Å². The van der Waals surface area contributed by atoms with Crippen molar-refractivity contribution in [3.63, 3.8) is 0 Å². The van der Waals surface area contributed by atoms with E-state index in [1.165, 1.54) is 0 Å². The van der Waals surface area contributed by atoms with Gasteiger partial charge in [0, 0.05) is 6.20 Å². The maximum absolute atomic E-state index is 5.42. The molecule has 1 atom stereocenters. The number of pyridine rings is 1. The summed E-state index contributed by atoms with van der Waals surface area (Å²) in [6.45, 7) is 2.10. The molecule has 0 bridgehead atoms. The zero-order chi connectivity index (χ0) is 11.1. The standard InChI is InChI=1S/C12H16N2O/c1-4-7-10(5-2)14-12-11(15-3)8-6-9-13-12/h2,6,8-10H,4,7H2,1,3H3,(H,13,14). The maximum Gasteiger partial charge on any atom is 0.169 e. The summed E-state index contributed by atoms with van der Waals surface area (Å²) in [7, 11) is 1.62. The van der Waals surface area contributed by atoms with E-state index in [1.54, 1.807) is 13.3 Å². The SMILES string of the molecule is C#CC(CCC)Nc1ncccc1OC. The zero-order valence-corrected chi connectivity index (χ0v) is 9.16. The van der Waals surface area contributed by atoms with Crippen molar-refractivity contribution in [1.82, 2.24) is 4.98 Å². The van der Waals surface area contributed by atoms with Gasteiger partial charge in [-0.1, -0.05) is 19.3 Å². The minimum absolute atomic E-state index is 0.0128. The third kappa shape index (κ3) is 3.17. The van der Waals surface area contributed by atoms with Crippen LogP contribution in [0.5, 0.6) is 5.75 Å². The van der Waals surface area contributed by atoms with Crippen LogP contribution >= 0.6 is 0 Å². The monoisotopic (exact) mass is 204 g/mol. The van der Waals surface area contributed by atoms with E-state index in [0.29, 0.717) is 11.6 Å². The van der Waals surface area contributed by atoms with Crippen LogP contribution in [0.1, 0.15) is 19.8 Å². The van der Waals surface area contributed by atoms with Crippen LogP contribution < -0.4 is 10.1 Å². The van der Waals surface area contributed by atoms with Crippen LogP contribution in [0, 0.1) is 12.3 Å². The van der Waals surface area contributed by atoms with Gasteiger partial charge in [0.15, 0.2) is 11.6 Å². The first kappa shape index (κ1) is 11.4. The van der Waals surface area contributed by atoms with E-state index in [2.05, 4.69) is 23.1 Å². The molecule has 0 fully saturated rings. The van der Waals surface area contributed by atoms with E-state index in [1.807, 2.05) is 12.1 Å². The fourth-order valence-corrected chi connectivity index (χ4v) is 1.31. The molecule has 1 aromatic heterocycles. The summed E-state index contributed by atoms with van der Waals surface area (Å²) in [5.41, 5.74) is 0. The van der Waals surface area contributed by atoms with Crippen molar-refractivity contribution in [2.45, 2.75) is 25.8 Å². The smallest absolute Gasteiger partial charge is 0.169 e. The molecule has 3 nitrogen and oxygen atoms in total. The van der Waals surface area contributed by atoms with Crippen LogP contribution in [0.15, 0.2) is 18.3 Å². The molecule has 0 aliphatic heterocycles. The molecule has 1 heterocycles. The first-order valence-electron chi connectivity index (χ1n) is 5.03. The molecule has 80 valence electrons.